The Hall–Kier alpha value is -1.50. The van der Waals surface area contributed by atoms with E-state index in [9.17, 15) is 9.59 Å². The van der Waals surface area contributed by atoms with Crippen molar-refractivity contribution in [3.05, 3.63) is 25.3 Å². The number of aldehydes is 1. The summed E-state index contributed by atoms with van der Waals surface area (Å²) in [5.41, 5.74) is 5.43. The summed E-state index contributed by atoms with van der Waals surface area (Å²) in [6, 6.07) is 0. The van der Waals surface area contributed by atoms with Crippen molar-refractivity contribution in [3.8, 4) is 0 Å². The summed E-state index contributed by atoms with van der Waals surface area (Å²) in [6.07, 6.45) is 4.12. The maximum absolute atomic E-state index is 11.5. The van der Waals surface area contributed by atoms with Crippen molar-refractivity contribution < 1.29 is 19.1 Å². The van der Waals surface area contributed by atoms with Crippen LogP contribution < -0.4 is 5.73 Å². The number of nitrogens with zero attached hydrogens (tertiary/aromatic N) is 1. The van der Waals surface area contributed by atoms with Crippen LogP contribution in [0.2, 0.25) is 0 Å². The smallest absolute Gasteiger partial charge is 0.311 e. The van der Waals surface area contributed by atoms with E-state index in [1.807, 2.05) is 11.8 Å². The van der Waals surface area contributed by atoms with Gasteiger partial charge in [-0.05, 0) is 13.8 Å². The molecule has 1 aliphatic heterocycles. The molecule has 0 aromatic carbocycles. The lowest BCUT2D eigenvalue weighted by Crippen LogP contribution is -2.29. The van der Waals surface area contributed by atoms with Gasteiger partial charge in [0.15, 0.2) is 0 Å². The second-order valence-corrected chi connectivity index (χ2v) is 4.76. The van der Waals surface area contributed by atoms with Gasteiger partial charge in [0, 0.05) is 45.8 Å². The predicted molar refractivity (Wildman–Crippen MR) is 93.1 cm³/mol. The number of nitrogens with two attached hydrogens (primary N) is 1. The molecule has 2 unspecified atom stereocenters. The average Bonchev–Trinajstić information content (AvgIpc) is 2.99. The molecule has 6 heteroatoms. The van der Waals surface area contributed by atoms with Crippen LogP contribution in [0.4, 0.5) is 0 Å². The first-order chi connectivity index (χ1) is 11.1. The average molecular weight is 328 g/mol. The molecule has 0 bridgehead atoms. The fourth-order valence-electron chi connectivity index (χ4n) is 1.92. The molecule has 1 saturated heterocycles. The highest BCUT2D eigenvalue weighted by molar-refractivity contribution is 5.77. The maximum atomic E-state index is 11.5. The molecule has 6 nitrogen and oxygen atoms in total. The maximum Gasteiger partial charge on any atom is 0.311 e. The van der Waals surface area contributed by atoms with E-state index in [4.69, 9.17) is 10.5 Å². The first-order valence-electron chi connectivity index (χ1n) is 7.82. The number of ether oxygens (including phenoxy) is 2. The van der Waals surface area contributed by atoms with Gasteiger partial charge < -0.3 is 24.9 Å². The number of likely N-dealkylation sites (tertiary alicyclic amines) is 1. The summed E-state index contributed by atoms with van der Waals surface area (Å²) < 4.78 is 9.47. The molecule has 0 spiro atoms. The second kappa shape index (κ2) is 16.9. The summed E-state index contributed by atoms with van der Waals surface area (Å²) in [5.74, 6) is -0.821. The van der Waals surface area contributed by atoms with E-state index in [1.54, 1.807) is 26.2 Å². The zero-order valence-electron chi connectivity index (χ0n) is 14.7. The number of carbonyl (C=O) groups is 2. The van der Waals surface area contributed by atoms with Crippen LogP contribution in [0, 0.1) is 11.8 Å². The van der Waals surface area contributed by atoms with Gasteiger partial charge in [-0.3, -0.25) is 4.79 Å². The summed E-state index contributed by atoms with van der Waals surface area (Å²) in [6.45, 7) is 14.1. The fourth-order valence-corrected chi connectivity index (χ4v) is 1.92. The second-order valence-electron chi connectivity index (χ2n) is 4.76. The highest BCUT2D eigenvalue weighted by atomic mass is 16.5. The number of methoxy groups -OCH3 is 1. The molecule has 1 rings (SSSR count). The van der Waals surface area contributed by atoms with Crippen LogP contribution in [0.25, 0.3) is 0 Å². The van der Waals surface area contributed by atoms with Crippen LogP contribution >= 0.6 is 0 Å². The van der Waals surface area contributed by atoms with E-state index in [-0.39, 0.29) is 17.8 Å². The fraction of sp³-hybridized carbons (Fsp3) is 0.647. The zero-order chi connectivity index (χ0) is 18.1. The Morgan fingerprint density at radius 3 is 2.17 bits per heavy atom. The van der Waals surface area contributed by atoms with Gasteiger partial charge in [0.05, 0.1) is 12.5 Å². The van der Waals surface area contributed by atoms with Gasteiger partial charge in [0.25, 0.3) is 0 Å². The number of rotatable bonds is 7. The van der Waals surface area contributed by atoms with E-state index in [1.165, 1.54) is 0 Å². The largest absolute Gasteiger partial charge is 0.466 e. The van der Waals surface area contributed by atoms with Gasteiger partial charge in [-0.2, -0.15) is 0 Å². The molecule has 2 atom stereocenters. The monoisotopic (exact) mass is 328 g/mol. The molecule has 2 N–H and O–H groups in total. The lowest BCUT2D eigenvalue weighted by atomic mass is 9.98. The van der Waals surface area contributed by atoms with Crippen LogP contribution in [0.3, 0.4) is 0 Å². The van der Waals surface area contributed by atoms with Gasteiger partial charge in [-0.1, -0.05) is 25.3 Å². The Balaban J connectivity index is 0. The lowest BCUT2D eigenvalue weighted by molar-refractivity contribution is -0.149. The lowest BCUT2D eigenvalue weighted by Gasteiger charge is -2.13. The molecule has 0 radical (unpaired) electrons. The number of allylic oxidation sites excluding steroid dienone is 2. The Kier molecular flexibility index (Phi) is 17.4. The molecule has 0 aromatic heterocycles. The molecule has 1 heterocycles. The molecule has 0 aliphatic carbocycles. The summed E-state index contributed by atoms with van der Waals surface area (Å²) >= 11 is 0. The standard InChI is InChI=1S/C10H18N2O3.C4H6.C3H8O/c1-2-15-10(14)9-6-12(4-3-11)5-8(9)7-13;2*1-3-4-2/h7-9H,2-6,11H2,1H3;3-4H,1-2H2;3H2,1-2H3. The quantitative estimate of drug-likeness (QED) is 0.430. The van der Waals surface area contributed by atoms with Crippen molar-refractivity contribution in [2.24, 2.45) is 17.6 Å². The molecule has 0 aromatic rings. The SMILES string of the molecule is C=CC=C.CCOC.CCOC(=O)C1CN(CCN)CC1C=O. The van der Waals surface area contributed by atoms with Crippen molar-refractivity contribution in [1.29, 1.82) is 0 Å². The van der Waals surface area contributed by atoms with E-state index in [2.05, 4.69) is 17.9 Å². The van der Waals surface area contributed by atoms with Crippen molar-refractivity contribution in [1.82, 2.24) is 4.90 Å². The first kappa shape index (κ1) is 23.8. The third-order valence-corrected chi connectivity index (χ3v) is 3.11. The summed E-state index contributed by atoms with van der Waals surface area (Å²) in [7, 11) is 1.68. The Morgan fingerprint density at radius 1 is 1.26 bits per heavy atom. The van der Waals surface area contributed by atoms with Crippen LogP contribution in [0.15, 0.2) is 25.3 Å². The van der Waals surface area contributed by atoms with Crippen LogP contribution in [-0.2, 0) is 19.1 Å². The normalized spacial score (nSPS) is 19.5. The molecular weight excluding hydrogens is 296 g/mol. The Labute approximate surface area is 140 Å². The van der Waals surface area contributed by atoms with Gasteiger partial charge >= 0.3 is 5.97 Å². The highest BCUT2D eigenvalue weighted by Gasteiger charge is 2.37. The molecule has 134 valence electrons. The predicted octanol–water partition coefficient (Wildman–Crippen LogP) is 1.27. The van der Waals surface area contributed by atoms with Crippen molar-refractivity contribution >= 4 is 12.3 Å². The van der Waals surface area contributed by atoms with Crippen molar-refractivity contribution in [3.63, 3.8) is 0 Å². The summed E-state index contributed by atoms with van der Waals surface area (Å²) in [5, 5.41) is 0. The minimum absolute atomic E-state index is 0.240. The van der Waals surface area contributed by atoms with Gasteiger partial charge in [-0.25, -0.2) is 0 Å². The van der Waals surface area contributed by atoms with Gasteiger partial charge in [0.2, 0.25) is 0 Å². The van der Waals surface area contributed by atoms with E-state index < -0.39 is 0 Å². The van der Waals surface area contributed by atoms with Crippen LogP contribution in [-0.4, -0.2) is 63.7 Å². The number of hydrogen-bond donors (Lipinski definition) is 1. The topological polar surface area (TPSA) is 81.9 Å². The molecular formula is C17H32N2O4. The van der Waals surface area contributed by atoms with E-state index >= 15 is 0 Å². The first-order valence-corrected chi connectivity index (χ1v) is 7.82. The van der Waals surface area contributed by atoms with Crippen molar-refractivity contribution in [2.45, 2.75) is 13.8 Å². The molecule has 0 saturated carbocycles. The zero-order valence-corrected chi connectivity index (χ0v) is 14.7. The molecule has 23 heavy (non-hydrogen) atoms. The number of carbonyl (C=O) groups excluding carboxylic acids is 2. The Morgan fingerprint density at radius 2 is 1.83 bits per heavy atom. The molecule has 1 fully saturated rings. The van der Waals surface area contributed by atoms with Crippen LogP contribution in [0.1, 0.15) is 13.8 Å². The van der Waals surface area contributed by atoms with E-state index in [0.717, 1.165) is 19.4 Å². The molecule has 1 aliphatic rings. The van der Waals surface area contributed by atoms with Gasteiger partial charge in [-0.15, -0.1) is 0 Å². The van der Waals surface area contributed by atoms with Gasteiger partial charge in [0.1, 0.15) is 6.29 Å². The number of esters is 1. The van der Waals surface area contributed by atoms with Crippen LogP contribution in [0.5, 0.6) is 0 Å². The van der Waals surface area contributed by atoms with Crippen molar-refractivity contribution in [2.75, 3.05) is 46.5 Å². The third-order valence-electron chi connectivity index (χ3n) is 3.11. The summed E-state index contributed by atoms with van der Waals surface area (Å²) in [4.78, 5) is 24.4. The minimum Gasteiger partial charge on any atom is -0.466 e. The minimum atomic E-state index is -0.311. The Bertz CT molecular complexity index is 327. The third kappa shape index (κ3) is 11.7. The highest BCUT2D eigenvalue weighted by Crippen LogP contribution is 2.22. The molecule has 0 amide bonds. The van der Waals surface area contributed by atoms with E-state index in [0.29, 0.717) is 26.2 Å². The number of hydrogen-bond acceptors (Lipinski definition) is 6.